The molecule has 0 radical (unpaired) electrons. The van der Waals surface area contributed by atoms with E-state index < -0.39 is 15.8 Å². The number of hydrogen-bond donors (Lipinski definition) is 1. The summed E-state index contributed by atoms with van der Waals surface area (Å²) in [7, 11) is -2.45. The van der Waals surface area contributed by atoms with Gasteiger partial charge in [0.25, 0.3) is 10.0 Å². The van der Waals surface area contributed by atoms with E-state index in [0.29, 0.717) is 10.2 Å². The molecule has 24 heavy (non-hydrogen) atoms. The molecule has 2 aromatic carbocycles. The number of ether oxygens (including phenoxy) is 1. The van der Waals surface area contributed by atoms with Crippen LogP contribution in [-0.4, -0.2) is 20.5 Å². The van der Waals surface area contributed by atoms with Gasteiger partial charge in [0.15, 0.2) is 5.13 Å². The van der Waals surface area contributed by atoms with Crippen molar-refractivity contribution in [1.82, 2.24) is 4.98 Å². The number of aromatic nitrogens is 1. The first-order chi connectivity index (χ1) is 11.3. The van der Waals surface area contributed by atoms with Gasteiger partial charge in [-0.1, -0.05) is 11.3 Å². The van der Waals surface area contributed by atoms with Crippen LogP contribution in [0.4, 0.5) is 9.52 Å². The molecule has 0 bridgehead atoms. The van der Waals surface area contributed by atoms with Gasteiger partial charge in [-0.3, -0.25) is 4.72 Å². The Morgan fingerprint density at radius 1 is 1.17 bits per heavy atom. The lowest BCUT2D eigenvalue weighted by Gasteiger charge is -2.12. The van der Waals surface area contributed by atoms with E-state index in [1.807, 2.05) is 13.8 Å². The fourth-order valence-electron chi connectivity index (χ4n) is 2.24. The number of aryl methyl sites for hydroxylation is 2. The highest BCUT2D eigenvalue weighted by Crippen LogP contribution is 2.32. The first-order valence-electron chi connectivity index (χ1n) is 7.04. The minimum atomic E-state index is -3.87. The van der Waals surface area contributed by atoms with Gasteiger partial charge in [-0.2, -0.15) is 0 Å². The van der Waals surface area contributed by atoms with Crippen molar-refractivity contribution in [2.75, 3.05) is 11.8 Å². The number of halogens is 1. The van der Waals surface area contributed by atoms with E-state index in [9.17, 15) is 12.8 Å². The van der Waals surface area contributed by atoms with Crippen LogP contribution in [0.5, 0.6) is 5.75 Å². The summed E-state index contributed by atoms with van der Waals surface area (Å²) in [6.45, 7) is 3.71. The van der Waals surface area contributed by atoms with Crippen molar-refractivity contribution in [3.8, 4) is 5.75 Å². The Hall–Kier alpha value is -2.19. The molecule has 1 heterocycles. The molecule has 0 spiro atoms. The zero-order chi connectivity index (χ0) is 17.5. The molecule has 0 atom stereocenters. The van der Waals surface area contributed by atoms with E-state index in [2.05, 4.69) is 9.71 Å². The number of nitrogens with one attached hydrogen (secondary N) is 1. The normalized spacial score (nSPS) is 11.7. The first kappa shape index (κ1) is 16.7. The highest BCUT2D eigenvalue weighted by atomic mass is 32.2. The first-order valence-corrected chi connectivity index (χ1v) is 9.34. The van der Waals surface area contributed by atoms with Crippen molar-refractivity contribution in [3.05, 3.63) is 47.3 Å². The number of rotatable bonds is 4. The van der Waals surface area contributed by atoms with Crippen LogP contribution in [0.15, 0.2) is 35.2 Å². The van der Waals surface area contributed by atoms with E-state index >= 15 is 0 Å². The fourth-order valence-corrected chi connectivity index (χ4v) is 4.61. The van der Waals surface area contributed by atoms with Gasteiger partial charge in [0.2, 0.25) is 0 Å². The molecule has 0 saturated carbocycles. The van der Waals surface area contributed by atoms with Gasteiger partial charge in [-0.25, -0.2) is 17.8 Å². The summed E-state index contributed by atoms with van der Waals surface area (Å²) < 4.78 is 46.8. The average Bonchev–Trinajstić information content (AvgIpc) is 2.89. The van der Waals surface area contributed by atoms with Gasteiger partial charge in [0, 0.05) is 0 Å². The second kappa shape index (κ2) is 6.03. The highest BCUT2D eigenvalue weighted by molar-refractivity contribution is 7.93. The van der Waals surface area contributed by atoms with Gasteiger partial charge < -0.3 is 4.74 Å². The zero-order valence-electron chi connectivity index (χ0n) is 13.3. The smallest absolute Gasteiger partial charge is 0.267 e. The molecule has 5 nitrogen and oxygen atoms in total. The number of methoxy groups -OCH3 is 1. The molecular weight excluding hydrogens is 351 g/mol. The lowest BCUT2D eigenvalue weighted by atomic mass is 10.1. The Bertz CT molecular complexity index is 1030. The predicted molar refractivity (Wildman–Crippen MR) is 92.9 cm³/mol. The van der Waals surface area contributed by atoms with Gasteiger partial charge in [0.05, 0.1) is 17.3 Å². The predicted octanol–water partition coefficient (Wildman–Crippen LogP) is 3.86. The van der Waals surface area contributed by atoms with Crippen molar-refractivity contribution < 1.29 is 17.5 Å². The Kier molecular flexibility index (Phi) is 4.18. The molecule has 8 heteroatoms. The summed E-state index contributed by atoms with van der Waals surface area (Å²) in [6, 6.07) is 7.35. The van der Waals surface area contributed by atoms with Crippen LogP contribution >= 0.6 is 11.3 Å². The number of fused-ring (bicyclic) bond motifs is 1. The largest absolute Gasteiger partial charge is 0.495 e. The van der Waals surface area contributed by atoms with Gasteiger partial charge >= 0.3 is 0 Å². The minimum absolute atomic E-state index is 0.0403. The summed E-state index contributed by atoms with van der Waals surface area (Å²) in [5.74, 6) is -0.130. The van der Waals surface area contributed by atoms with E-state index in [0.717, 1.165) is 22.5 Å². The molecule has 126 valence electrons. The molecular formula is C16H15FN2O3S2. The van der Waals surface area contributed by atoms with E-state index in [1.54, 1.807) is 12.1 Å². The third-order valence-corrected chi connectivity index (χ3v) is 6.06. The Balaban J connectivity index is 2.03. The molecule has 1 N–H and O–H groups in total. The second-order valence-electron chi connectivity index (χ2n) is 5.32. The minimum Gasteiger partial charge on any atom is -0.495 e. The molecule has 0 aliphatic heterocycles. The molecule has 0 saturated heterocycles. The molecule has 0 aliphatic rings. The van der Waals surface area contributed by atoms with Crippen molar-refractivity contribution >= 4 is 36.7 Å². The zero-order valence-corrected chi connectivity index (χ0v) is 14.9. The maximum absolute atomic E-state index is 13.3. The number of thiazole rings is 1. The van der Waals surface area contributed by atoms with Gasteiger partial charge in [-0.05, 0) is 55.3 Å². The number of sulfonamides is 1. The summed E-state index contributed by atoms with van der Waals surface area (Å²) >= 11 is 1.07. The summed E-state index contributed by atoms with van der Waals surface area (Å²) in [4.78, 5) is 4.22. The summed E-state index contributed by atoms with van der Waals surface area (Å²) in [5.41, 5.74) is 2.30. The average molecular weight is 366 g/mol. The van der Waals surface area contributed by atoms with Crippen molar-refractivity contribution in [2.24, 2.45) is 0 Å². The maximum Gasteiger partial charge on any atom is 0.267 e. The third-order valence-electron chi connectivity index (χ3n) is 3.64. The lowest BCUT2D eigenvalue weighted by molar-refractivity contribution is 0.402. The quantitative estimate of drug-likeness (QED) is 0.761. The molecule has 1 aromatic heterocycles. The van der Waals surface area contributed by atoms with E-state index in [1.165, 1.54) is 25.3 Å². The SMILES string of the molecule is COc1cc(C)c(C)cc1S(=O)(=O)Nc1nc2ccc(F)cc2s1. The van der Waals surface area contributed by atoms with E-state index in [-0.39, 0.29) is 15.8 Å². The molecule has 3 rings (SSSR count). The Morgan fingerprint density at radius 3 is 2.58 bits per heavy atom. The van der Waals surface area contributed by atoms with Crippen molar-refractivity contribution in [1.29, 1.82) is 0 Å². The van der Waals surface area contributed by atoms with Crippen LogP contribution in [-0.2, 0) is 10.0 Å². The third kappa shape index (κ3) is 3.07. The van der Waals surface area contributed by atoms with Crippen LogP contribution in [0.25, 0.3) is 10.2 Å². The lowest BCUT2D eigenvalue weighted by Crippen LogP contribution is -2.14. The van der Waals surface area contributed by atoms with Crippen LogP contribution < -0.4 is 9.46 Å². The van der Waals surface area contributed by atoms with Crippen molar-refractivity contribution in [3.63, 3.8) is 0 Å². The van der Waals surface area contributed by atoms with Gasteiger partial charge in [0.1, 0.15) is 16.5 Å². The number of hydrogen-bond acceptors (Lipinski definition) is 5. The standard InChI is InChI=1S/C16H15FN2O3S2/c1-9-6-13(22-3)15(7-10(9)2)24(20,21)19-16-18-12-5-4-11(17)8-14(12)23-16/h4-8H,1-3H3,(H,18,19). The topological polar surface area (TPSA) is 68.3 Å². The van der Waals surface area contributed by atoms with Crippen LogP contribution in [0.3, 0.4) is 0 Å². The summed E-state index contributed by atoms with van der Waals surface area (Å²) in [6.07, 6.45) is 0. The number of nitrogens with zero attached hydrogens (tertiary/aromatic N) is 1. The molecule has 3 aromatic rings. The molecule has 0 unspecified atom stereocenters. The van der Waals surface area contributed by atoms with Crippen LogP contribution in [0, 0.1) is 19.7 Å². The van der Waals surface area contributed by atoms with Crippen molar-refractivity contribution in [2.45, 2.75) is 18.7 Å². The Morgan fingerprint density at radius 2 is 1.88 bits per heavy atom. The second-order valence-corrected chi connectivity index (χ2v) is 8.01. The van der Waals surface area contributed by atoms with E-state index in [4.69, 9.17) is 4.74 Å². The molecule has 0 fully saturated rings. The number of anilines is 1. The maximum atomic E-state index is 13.3. The summed E-state index contributed by atoms with van der Waals surface area (Å²) in [5, 5.41) is 0.177. The molecule has 0 amide bonds. The highest BCUT2D eigenvalue weighted by Gasteiger charge is 2.22. The van der Waals surface area contributed by atoms with Crippen LogP contribution in [0.1, 0.15) is 11.1 Å². The fraction of sp³-hybridized carbons (Fsp3) is 0.188. The van der Waals surface area contributed by atoms with Crippen LogP contribution in [0.2, 0.25) is 0 Å². The monoisotopic (exact) mass is 366 g/mol. The molecule has 0 aliphatic carbocycles. The Labute approximate surface area is 143 Å². The number of benzene rings is 2. The van der Waals surface area contributed by atoms with Gasteiger partial charge in [-0.15, -0.1) is 0 Å².